The molecule has 1 aliphatic heterocycles. The lowest BCUT2D eigenvalue weighted by molar-refractivity contribution is -0.0779. The van der Waals surface area contributed by atoms with Crippen molar-refractivity contribution in [3.05, 3.63) is 0 Å². The molecule has 0 radical (unpaired) electrons. The van der Waals surface area contributed by atoms with Crippen LogP contribution in [0.4, 0.5) is 0 Å². The van der Waals surface area contributed by atoms with Crippen LogP contribution in [-0.4, -0.2) is 55.0 Å². The van der Waals surface area contributed by atoms with E-state index in [1.807, 2.05) is 0 Å². The molecule has 0 bridgehead atoms. The molecule has 0 aliphatic carbocycles. The highest BCUT2D eigenvalue weighted by atomic mass is 16.5. The van der Waals surface area contributed by atoms with Gasteiger partial charge in [-0.15, -0.1) is 0 Å². The number of hydrazine groups is 1. The summed E-state index contributed by atoms with van der Waals surface area (Å²) in [6, 6.07) is 0. The standard InChI is InChI=1S/C14H31N3O/c1-13(2,3)11-15-17-9-7-16(8-10-17)12-18-14(4,5)6/h15H,7-12H2,1-6H3. The summed E-state index contributed by atoms with van der Waals surface area (Å²) >= 11 is 0. The topological polar surface area (TPSA) is 27.7 Å². The van der Waals surface area contributed by atoms with Crippen molar-refractivity contribution in [1.82, 2.24) is 15.3 Å². The number of hydrogen-bond donors (Lipinski definition) is 1. The lowest BCUT2D eigenvalue weighted by atomic mass is 9.97. The first kappa shape index (κ1) is 15.9. The van der Waals surface area contributed by atoms with E-state index in [-0.39, 0.29) is 5.60 Å². The molecule has 18 heavy (non-hydrogen) atoms. The van der Waals surface area contributed by atoms with Crippen LogP contribution in [0.1, 0.15) is 41.5 Å². The summed E-state index contributed by atoms with van der Waals surface area (Å²) in [4.78, 5) is 2.38. The summed E-state index contributed by atoms with van der Waals surface area (Å²) in [6.07, 6.45) is 0. The molecule has 4 nitrogen and oxygen atoms in total. The van der Waals surface area contributed by atoms with E-state index >= 15 is 0 Å². The first-order valence-corrected chi connectivity index (χ1v) is 7.00. The Morgan fingerprint density at radius 2 is 1.50 bits per heavy atom. The first-order chi connectivity index (χ1) is 8.16. The van der Waals surface area contributed by atoms with Crippen molar-refractivity contribution >= 4 is 0 Å². The molecule has 108 valence electrons. The van der Waals surface area contributed by atoms with Crippen molar-refractivity contribution in [2.75, 3.05) is 39.5 Å². The minimum Gasteiger partial charge on any atom is -0.360 e. The maximum Gasteiger partial charge on any atom is 0.0998 e. The average Bonchev–Trinajstić information content (AvgIpc) is 2.23. The van der Waals surface area contributed by atoms with Crippen LogP contribution >= 0.6 is 0 Å². The maximum absolute atomic E-state index is 5.81. The Balaban J connectivity index is 2.17. The van der Waals surface area contributed by atoms with Gasteiger partial charge in [-0.1, -0.05) is 20.8 Å². The fraction of sp³-hybridized carbons (Fsp3) is 1.00. The Hall–Kier alpha value is -0.160. The van der Waals surface area contributed by atoms with Gasteiger partial charge in [-0.25, -0.2) is 5.01 Å². The van der Waals surface area contributed by atoms with Crippen molar-refractivity contribution < 1.29 is 4.74 Å². The highest BCUT2D eigenvalue weighted by Crippen LogP contribution is 2.12. The van der Waals surface area contributed by atoms with Crippen LogP contribution in [0.5, 0.6) is 0 Å². The fourth-order valence-electron chi connectivity index (χ4n) is 1.67. The molecular weight excluding hydrogens is 226 g/mol. The van der Waals surface area contributed by atoms with Crippen molar-refractivity contribution in [2.24, 2.45) is 5.41 Å². The van der Waals surface area contributed by atoms with Crippen molar-refractivity contribution in [2.45, 2.75) is 47.1 Å². The molecule has 1 N–H and O–H groups in total. The second-order valence-electron chi connectivity index (χ2n) is 7.39. The molecule has 1 rings (SSSR count). The molecule has 0 spiro atoms. The lowest BCUT2D eigenvalue weighted by Crippen LogP contribution is -2.54. The minimum atomic E-state index is -0.0401. The van der Waals surface area contributed by atoms with Gasteiger partial charge in [0.1, 0.15) is 0 Å². The molecule has 1 fully saturated rings. The third kappa shape index (κ3) is 7.31. The van der Waals surface area contributed by atoms with E-state index in [2.05, 4.69) is 56.9 Å². The highest BCUT2D eigenvalue weighted by molar-refractivity contribution is 4.71. The molecule has 0 atom stereocenters. The van der Waals surface area contributed by atoms with Gasteiger partial charge in [0.2, 0.25) is 0 Å². The van der Waals surface area contributed by atoms with Gasteiger partial charge in [0, 0.05) is 32.7 Å². The Bertz CT molecular complexity index is 208. The Morgan fingerprint density at radius 3 is 1.94 bits per heavy atom. The zero-order valence-corrected chi connectivity index (χ0v) is 13.0. The second kappa shape index (κ2) is 6.33. The summed E-state index contributed by atoms with van der Waals surface area (Å²) < 4.78 is 5.81. The normalized spacial score (nSPS) is 20.3. The average molecular weight is 257 g/mol. The van der Waals surface area contributed by atoms with Crippen LogP contribution in [0.2, 0.25) is 0 Å². The summed E-state index contributed by atoms with van der Waals surface area (Å²) in [5, 5.41) is 2.33. The van der Waals surface area contributed by atoms with Crippen LogP contribution < -0.4 is 5.43 Å². The molecule has 0 aromatic carbocycles. The van der Waals surface area contributed by atoms with Gasteiger partial charge in [0.05, 0.1) is 12.3 Å². The van der Waals surface area contributed by atoms with E-state index in [1.54, 1.807) is 0 Å². The van der Waals surface area contributed by atoms with E-state index < -0.39 is 0 Å². The van der Waals surface area contributed by atoms with E-state index in [0.717, 1.165) is 39.5 Å². The molecule has 0 aromatic rings. The number of rotatable bonds is 4. The molecule has 0 saturated carbocycles. The first-order valence-electron chi connectivity index (χ1n) is 7.00. The highest BCUT2D eigenvalue weighted by Gasteiger charge is 2.20. The monoisotopic (exact) mass is 257 g/mol. The van der Waals surface area contributed by atoms with Crippen molar-refractivity contribution in [3.8, 4) is 0 Å². The largest absolute Gasteiger partial charge is 0.360 e. The third-order valence-electron chi connectivity index (χ3n) is 2.89. The second-order valence-corrected chi connectivity index (χ2v) is 7.39. The zero-order chi connectivity index (χ0) is 13.8. The summed E-state index contributed by atoms with van der Waals surface area (Å²) in [5.41, 5.74) is 3.82. The number of hydrogen-bond acceptors (Lipinski definition) is 4. The quantitative estimate of drug-likeness (QED) is 0.833. The van der Waals surface area contributed by atoms with Crippen molar-refractivity contribution in [1.29, 1.82) is 0 Å². The SMILES string of the molecule is CC(C)(C)CNN1CCN(COC(C)(C)C)CC1. The van der Waals surface area contributed by atoms with E-state index in [0.29, 0.717) is 5.41 Å². The van der Waals surface area contributed by atoms with Gasteiger partial charge in [-0.3, -0.25) is 10.3 Å². The number of piperazine rings is 1. The number of ether oxygens (including phenoxy) is 1. The van der Waals surface area contributed by atoms with Gasteiger partial charge in [0.25, 0.3) is 0 Å². The molecule has 0 unspecified atom stereocenters. The van der Waals surface area contributed by atoms with Crippen LogP contribution in [-0.2, 0) is 4.74 Å². The maximum atomic E-state index is 5.81. The Morgan fingerprint density at radius 1 is 0.944 bits per heavy atom. The predicted octanol–water partition coefficient (Wildman–Crippen LogP) is 1.93. The van der Waals surface area contributed by atoms with Crippen molar-refractivity contribution in [3.63, 3.8) is 0 Å². The van der Waals surface area contributed by atoms with Crippen LogP contribution in [0.15, 0.2) is 0 Å². The molecule has 1 heterocycles. The summed E-state index contributed by atoms with van der Waals surface area (Å²) in [5.74, 6) is 0. The lowest BCUT2D eigenvalue weighted by Gasteiger charge is -2.37. The van der Waals surface area contributed by atoms with E-state index in [1.165, 1.54) is 0 Å². The van der Waals surface area contributed by atoms with Gasteiger partial charge < -0.3 is 4.74 Å². The molecule has 0 amide bonds. The number of nitrogens with zero attached hydrogens (tertiary/aromatic N) is 2. The predicted molar refractivity (Wildman–Crippen MR) is 76.3 cm³/mol. The van der Waals surface area contributed by atoms with E-state index in [4.69, 9.17) is 4.74 Å². The van der Waals surface area contributed by atoms with Crippen LogP contribution in [0, 0.1) is 5.41 Å². The number of nitrogens with one attached hydrogen (secondary N) is 1. The van der Waals surface area contributed by atoms with Gasteiger partial charge in [0.15, 0.2) is 0 Å². The summed E-state index contributed by atoms with van der Waals surface area (Å²) in [7, 11) is 0. The molecule has 0 aromatic heterocycles. The summed E-state index contributed by atoms with van der Waals surface area (Å²) in [6.45, 7) is 19.2. The fourth-order valence-corrected chi connectivity index (χ4v) is 1.67. The Labute approximate surface area is 113 Å². The van der Waals surface area contributed by atoms with Gasteiger partial charge in [-0.2, -0.15) is 0 Å². The smallest absolute Gasteiger partial charge is 0.0998 e. The van der Waals surface area contributed by atoms with Gasteiger partial charge in [-0.05, 0) is 26.2 Å². The molecule has 4 heteroatoms. The van der Waals surface area contributed by atoms with Crippen LogP contribution in [0.25, 0.3) is 0 Å². The Kier molecular flexibility index (Phi) is 5.59. The zero-order valence-electron chi connectivity index (χ0n) is 13.0. The molecule has 1 saturated heterocycles. The third-order valence-corrected chi connectivity index (χ3v) is 2.89. The van der Waals surface area contributed by atoms with E-state index in [9.17, 15) is 0 Å². The molecule has 1 aliphatic rings. The molecular formula is C14H31N3O. The minimum absolute atomic E-state index is 0.0401. The van der Waals surface area contributed by atoms with Crippen LogP contribution in [0.3, 0.4) is 0 Å². The van der Waals surface area contributed by atoms with Gasteiger partial charge >= 0.3 is 0 Å².